The lowest BCUT2D eigenvalue weighted by atomic mass is 10.1. The molecule has 2 N–H and O–H groups in total. The zero-order valence-corrected chi connectivity index (χ0v) is 10.4. The molecule has 0 aromatic rings. The Labute approximate surface area is 91.7 Å². The van der Waals surface area contributed by atoms with E-state index in [1.54, 1.807) is 7.11 Å². The summed E-state index contributed by atoms with van der Waals surface area (Å²) in [7, 11) is 1.68. The SMILES string of the molecule is COCCOCCCSCC(C)(C)N. The van der Waals surface area contributed by atoms with Gasteiger partial charge in [0.1, 0.15) is 0 Å². The minimum absolute atomic E-state index is 0.0540. The molecule has 0 aliphatic heterocycles. The van der Waals surface area contributed by atoms with Gasteiger partial charge in [-0.15, -0.1) is 0 Å². The first kappa shape index (κ1) is 14.2. The minimum atomic E-state index is -0.0540. The summed E-state index contributed by atoms with van der Waals surface area (Å²) in [5.74, 6) is 2.12. The van der Waals surface area contributed by atoms with Gasteiger partial charge in [-0.05, 0) is 26.0 Å². The zero-order chi connectivity index (χ0) is 10.9. The van der Waals surface area contributed by atoms with Crippen LogP contribution in [-0.4, -0.2) is 44.0 Å². The largest absolute Gasteiger partial charge is 0.382 e. The van der Waals surface area contributed by atoms with Crippen molar-refractivity contribution in [2.45, 2.75) is 25.8 Å². The van der Waals surface area contributed by atoms with Crippen molar-refractivity contribution in [1.82, 2.24) is 0 Å². The third kappa shape index (κ3) is 12.2. The molecule has 0 aromatic carbocycles. The molecule has 0 unspecified atom stereocenters. The predicted molar refractivity (Wildman–Crippen MR) is 62.9 cm³/mol. The van der Waals surface area contributed by atoms with Gasteiger partial charge in [0.25, 0.3) is 0 Å². The van der Waals surface area contributed by atoms with Crippen LogP contribution in [0.1, 0.15) is 20.3 Å². The highest BCUT2D eigenvalue weighted by molar-refractivity contribution is 7.99. The molecule has 0 saturated carbocycles. The summed E-state index contributed by atoms with van der Waals surface area (Å²) in [6.07, 6.45) is 1.09. The van der Waals surface area contributed by atoms with Gasteiger partial charge < -0.3 is 15.2 Å². The van der Waals surface area contributed by atoms with Crippen LogP contribution in [-0.2, 0) is 9.47 Å². The standard InChI is InChI=1S/C10H23NO2S/c1-10(2,11)9-14-8-4-5-13-7-6-12-3/h4-9,11H2,1-3H3. The van der Waals surface area contributed by atoms with Crippen LogP contribution >= 0.6 is 11.8 Å². The molecule has 14 heavy (non-hydrogen) atoms. The number of methoxy groups -OCH3 is 1. The molecule has 0 aromatic heterocycles. The number of hydrogen-bond donors (Lipinski definition) is 1. The molecule has 0 aliphatic rings. The van der Waals surface area contributed by atoms with Crippen LogP contribution in [0.3, 0.4) is 0 Å². The monoisotopic (exact) mass is 221 g/mol. The van der Waals surface area contributed by atoms with Crippen molar-refractivity contribution in [3.63, 3.8) is 0 Å². The van der Waals surface area contributed by atoms with E-state index in [1.807, 2.05) is 11.8 Å². The Balaban J connectivity index is 2.99. The van der Waals surface area contributed by atoms with Gasteiger partial charge in [-0.25, -0.2) is 0 Å². The fourth-order valence-corrected chi connectivity index (χ4v) is 1.84. The molecule has 0 amide bonds. The quantitative estimate of drug-likeness (QED) is 0.599. The average Bonchev–Trinajstić information content (AvgIpc) is 2.08. The van der Waals surface area contributed by atoms with E-state index < -0.39 is 0 Å². The molecule has 0 spiro atoms. The summed E-state index contributed by atoms with van der Waals surface area (Å²) in [5.41, 5.74) is 5.79. The molecule has 0 saturated heterocycles. The molecule has 3 nitrogen and oxygen atoms in total. The molecule has 86 valence electrons. The second-order valence-electron chi connectivity index (χ2n) is 4.00. The van der Waals surface area contributed by atoms with E-state index in [0.29, 0.717) is 13.2 Å². The van der Waals surface area contributed by atoms with Crippen molar-refractivity contribution in [3.8, 4) is 0 Å². The first-order valence-electron chi connectivity index (χ1n) is 4.99. The summed E-state index contributed by atoms with van der Waals surface area (Å²) < 4.78 is 10.2. The molecule has 0 fully saturated rings. The van der Waals surface area contributed by atoms with Gasteiger partial charge in [0.05, 0.1) is 13.2 Å². The Bertz CT molecular complexity index is 126. The first-order chi connectivity index (χ1) is 6.56. The van der Waals surface area contributed by atoms with Crippen LogP contribution in [0.15, 0.2) is 0 Å². The maximum absolute atomic E-state index is 5.85. The Morgan fingerprint density at radius 3 is 2.50 bits per heavy atom. The summed E-state index contributed by atoms with van der Waals surface area (Å²) in [6.45, 7) is 6.30. The number of ether oxygens (including phenoxy) is 2. The fourth-order valence-electron chi connectivity index (χ4n) is 0.843. The van der Waals surface area contributed by atoms with E-state index in [-0.39, 0.29) is 5.54 Å². The molecule has 0 bridgehead atoms. The topological polar surface area (TPSA) is 44.5 Å². The van der Waals surface area contributed by atoms with E-state index in [0.717, 1.165) is 24.5 Å². The van der Waals surface area contributed by atoms with Crippen molar-refractivity contribution in [1.29, 1.82) is 0 Å². The van der Waals surface area contributed by atoms with Gasteiger partial charge in [0.15, 0.2) is 0 Å². The van der Waals surface area contributed by atoms with E-state index in [2.05, 4.69) is 13.8 Å². The second kappa shape index (κ2) is 8.53. The normalized spacial score (nSPS) is 12.0. The lowest BCUT2D eigenvalue weighted by Gasteiger charge is -2.17. The zero-order valence-electron chi connectivity index (χ0n) is 9.54. The van der Waals surface area contributed by atoms with Crippen molar-refractivity contribution >= 4 is 11.8 Å². The Kier molecular flexibility index (Phi) is 8.67. The molecule has 0 aliphatic carbocycles. The van der Waals surface area contributed by atoms with Gasteiger partial charge in [-0.3, -0.25) is 0 Å². The molecular formula is C10H23NO2S. The van der Waals surface area contributed by atoms with Crippen molar-refractivity contribution in [2.24, 2.45) is 5.73 Å². The lowest BCUT2D eigenvalue weighted by molar-refractivity contribution is 0.0713. The summed E-state index contributed by atoms with van der Waals surface area (Å²) in [5, 5.41) is 0. The lowest BCUT2D eigenvalue weighted by Crippen LogP contribution is -2.34. The number of hydrogen-bond acceptors (Lipinski definition) is 4. The van der Waals surface area contributed by atoms with Crippen molar-refractivity contribution in [2.75, 3.05) is 38.4 Å². The minimum Gasteiger partial charge on any atom is -0.382 e. The number of thioether (sulfide) groups is 1. The Morgan fingerprint density at radius 1 is 1.21 bits per heavy atom. The van der Waals surface area contributed by atoms with E-state index in [9.17, 15) is 0 Å². The smallest absolute Gasteiger partial charge is 0.0700 e. The van der Waals surface area contributed by atoms with Crippen molar-refractivity contribution in [3.05, 3.63) is 0 Å². The molecule has 4 heteroatoms. The van der Waals surface area contributed by atoms with Crippen LogP contribution in [0.4, 0.5) is 0 Å². The van der Waals surface area contributed by atoms with Crippen LogP contribution in [0.5, 0.6) is 0 Å². The van der Waals surface area contributed by atoms with Gasteiger partial charge >= 0.3 is 0 Å². The average molecular weight is 221 g/mol. The Morgan fingerprint density at radius 2 is 1.93 bits per heavy atom. The summed E-state index contributed by atoms with van der Waals surface area (Å²) >= 11 is 1.89. The molecule has 0 radical (unpaired) electrons. The number of rotatable bonds is 9. The predicted octanol–water partition coefficient (Wildman–Crippen LogP) is 1.51. The third-order valence-electron chi connectivity index (χ3n) is 1.48. The first-order valence-corrected chi connectivity index (χ1v) is 6.15. The fraction of sp³-hybridized carbons (Fsp3) is 1.00. The van der Waals surface area contributed by atoms with Crippen LogP contribution < -0.4 is 5.73 Å². The van der Waals surface area contributed by atoms with Gasteiger partial charge in [0.2, 0.25) is 0 Å². The maximum atomic E-state index is 5.85. The van der Waals surface area contributed by atoms with Crippen LogP contribution in [0, 0.1) is 0 Å². The highest BCUT2D eigenvalue weighted by Crippen LogP contribution is 2.10. The van der Waals surface area contributed by atoms with Gasteiger partial charge in [-0.2, -0.15) is 11.8 Å². The highest BCUT2D eigenvalue weighted by atomic mass is 32.2. The molecular weight excluding hydrogens is 198 g/mol. The van der Waals surface area contributed by atoms with E-state index >= 15 is 0 Å². The summed E-state index contributed by atoms with van der Waals surface area (Å²) in [4.78, 5) is 0. The highest BCUT2D eigenvalue weighted by Gasteiger charge is 2.09. The molecule has 0 rings (SSSR count). The van der Waals surface area contributed by atoms with Crippen LogP contribution in [0.2, 0.25) is 0 Å². The van der Waals surface area contributed by atoms with Crippen molar-refractivity contribution < 1.29 is 9.47 Å². The third-order valence-corrected chi connectivity index (χ3v) is 3.01. The number of nitrogens with two attached hydrogens (primary N) is 1. The van der Waals surface area contributed by atoms with E-state index in [1.165, 1.54) is 0 Å². The second-order valence-corrected chi connectivity index (χ2v) is 5.11. The van der Waals surface area contributed by atoms with E-state index in [4.69, 9.17) is 15.2 Å². The Hall–Kier alpha value is 0.230. The summed E-state index contributed by atoms with van der Waals surface area (Å²) in [6, 6.07) is 0. The maximum Gasteiger partial charge on any atom is 0.0700 e. The van der Waals surface area contributed by atoms with Gasteiger partial charge in [0, 0.05) is 25.0 Å². The van der Waals surface area contributed by atoms with Crippen LogP contribution in [0.25, 0.3) is 0 Å². The molecule has 0 heterocycles. The van der Waals surface area contributed by atoms with Gasteiger partial charge in [-0.1, -0.05) is 0 Å². The molecule has 0 atom stereocenters.